The predicted octanol–water partition coefficient (Wildman–Crippen LogP) is 1.64. The van der Waals surface area contributed by atoms with Crippen molar-refractivity contribution in [1.29, 1.82) is 0 Å². The fourth-order valence-corrected chi connectivity index (χ4v) is 2.23. The number of aliphatic hydroxyl groups excluding tert-OH is 1. The van der Waals surface area contributed by atoms with Gasteiger partial charge in [0.1, 0.15) is 0 Å². The molecular formula is C16H17NO3. The molecule has 1 aliphatic rings. The first-order valence-corrected chi connectivity index (χ1v) is 6.75. The largest absolute Gasteiger partial charge is 0.395 e. The van der Waals surface area contributed by atoms with Crippen LogP contribution >= 0.6 is 0 Å². The fourth-order valence-electron chi connectivity index (χ4n) is 2.23. The lowest BCUT2D eigenvalue weighted by atomic mass is 10.1. The summed E-state index contributed by atoms with van der Waals surface area (Å²) >= 11 is 0. The molecule has 0 spiro atoms. The third kappa shape index (κ3) is 2.89. The first-order chi connectivity index (χ1) is 9.67. The van der Waals surface area contributed by atoms with E-state index in [9.17, 15) is 9.59 Å². The molecule has 1 aromatic carbocycles. The average Bonchev–Trinajstić information content (AvgIpc) is 2.78. The van der Waals surface area contributed by atoms with Gasteiger partial charge in [-0.25, -0.2) is 0 Å². The molecule has 20 heavy (non-hydrogen) atoms. The minimum atomic E-state index is -0.135. The summed E-state index contributed by atoms with van der Waals surface area (Å²) in [7, 11) is 0. The Kier molecular flexibility index (Phi) is 4.54. The fraction of sp³-hybridized carbons (Fsp3) is 0.375. The molecular weight excluding hydrogens is 254 g/mol. The van der Waals surface area contributed by atoms with Crippen molar-refractivity contribution in [2.24, 2.45) is 0 Å². The smallest absolute Gasteiger partial charge is 0.234 e. The molecule has 0 bridgehead atoms. The Labute approximate surface area is 118 Å². The number of rotatable bonds is 3. The number of aliphatic hydroxyl groups is 1. The van der Waals surface area contributed by atoms with E-state index in [4.69, 9.17) is 5.11 Å². The van der Waals surface area contributed by atoms with E-state index in [1.54, 1.807) is 12.1 Å². The Hall–Kier alpha value is -2.12. The number of carbonyl (C=O) groups is 2. The highest BCUT2D eigenvalue weighted by atomic mass is 16.2. The van der Waals surface area contributed by atoms with E-state index in [2.05, 4.69) is 11.8 Å². The van der Waals surface area contributed by atoms with Crippen LogP contribution in [0.1, 0.15) is 37.3 Å². The number of hydrogen-bond acceptors (Lipinski definition) is 3. The topological polar surface area (TPSA) is 57.6 Å². The number of anilines is 1. The number of hydrogen-bond donors (Lipinski definition) is 1. The Morgan fingerprint density at radius 1 is 1.25 bits per heavy atom. The highest BCUT2D eigenvalue weighted by molar-refractivity contribution is 6.20. The highest BCUT2D eigenvalue weighted by Gasteiger charge is 2.31. The molecule has 2 rings (SSSR count). The zero-order valence-corrected chi connectivity index (χ0v) is 11.5. The Morgan fingerprint density at radius 2 is 1.95 bits per heavy atom. The molecule has 1 fully saturated rings. The third-order valence-corrected chi connectivity index (χ3v) is 3.22. The molecule has 1 heterocycles. The first kappa shape index (κ1) is 14.3. The van der Waals surface area contributed by atoms with Crippen molar-refractivity contribution in [1.82, 2.24) is 0 Å². The Balaban J connectivity index is 2.34. The first-order valence-electron chi connectivity index (χ1n) is 6.75. The lowest BCUT2D eigenvalue weighted by Crippen LogP contribution is -2.29. The third-order valence-electron chi connectivity index (χ3n) is 3.22. The van der Waals surface area contributed by atoms with E-state index < -0.39 is 0 Å². The van der Waals surface area contributed by atoms with E-state index in [1.165, 1.54) is 4.90 Å². The zero-order valence-electron chi connectivity index (χ0n) is 11.5. The summed E-state index contributed by atoms with van der Waals surface area (Å²) in [5, 5.41) is 8.71. The molecule has 1 aromatic rings. The van der Waals surface area contributed by atoms with Crippen LogP contribution in [0.5, 0.6) is 0 Å². The van der Waals surface area contributed by atoms with E-state index in [0.29, 0.717) is 24.9 Å². The minimum Gasteiger partial charge on any atom is -0.395 e. The average molecular weight is 271 g/mol. The SMILES string of the molecule is CCc1cc(C#CCCO)ccc1N1C(=O)CCC1=O. The molecule has 0 aromatic heterocycles. The Morgan fingerprint density at radius 3 is 2.55 bits per heavy atom. The van der Waals surface area contributed by atoms with Crippen LogP contribution in [0.4, 0.5) is 5.69 Å². The van der Waals surface area contributed by atoms with Crippen LogP contribution in [0.25, 0.3) is 0 Å². The van der Waals surface area contributed by atoms with Crippen molar-refractivity contribution in [3.63, 3.8) is 0 Å². The van der Waals surface area contributed by atoms with Crippen LogP contribution in [0.3, 0.4) is 0 Å². The van der Waals surface area contributed by atoms with Crippen LogP contribution in [-0.2, 0) is 16.0 Å². The van der Waals surface area contributed by atoms with Crippen molar-refractivity contribution < 1.29 is 14.7 Å². The van der Waals surface area contributed by atoms with Gasteiger partial charge in [0.15, 0.2) is 0 Å². The van der Waals surface area contributed by atoms with Crippen LogP contribution < -0.4 is 4.90 Å². The summed E-state index contributed by atoms with van der Waals surface area (Å²) in [6, 6.07) is 5.49. The van der Waals surface area contributed by atoms with Gasteiger partial charge in [0.05, 0.1) is 12.3 Å². The predicted molar refractivity (Wildman–Crippen MR) is 76.1 cm³/mol. The van der Waals surface area contributed by atoms with Crippen LogP contribution in [-0.4, -0.2) is 23.5 Å². The molecule has 0 radical (unpaired) electrons. The van der Waals surface area contributed by atoms with E-state index in [0.717, 1.165) is 17.5 Å². The second kappa shape index (κ2) is 6.36. The van der Waals surface area contributed by atoms with Gasteiger partial charge in [-0.05, 0) is 30.2 Å². The number of amides is 2. The van der Waals surface area contributed by atoms with Gasteiger partial charge in [0.2, 0.25) is 11.8 Å². The molecule has 0 aliphatic carbocycles. The zero-order chi connectivity index (χ0) is 14.5. The second-order valence-corrected chi connectivity index (χ2v) is 4.60. The normalized spacial score (nSPS) is 14.4. The molecule has 4 nitrogen and oxygen atoms in total. The van der Waals surface area contributed by atoms with Crippen LogP contribution in [0.15, 0.2) is 18.2 Å². The quantitative estimate of drug-likeness (QED) is 0.671. The summed E-state index contributed by atoms with van der Waals surface area (Å²) in [5.41, 5.74) is 2.44. The molecule has 0 saturated carbocycles. The lowest BCUT2D eigenvalue weighted by molar-refractivity contribution is -0.121. The summed E-state index contributed by atoms with van der Waals surface area (Å²) in [5.74, 6) is 5.55. The highest BCUT2D eigenvalue weighted by Crippen LogP contribution is 2.27. The minimum absolute atomic E-state index is 0.0441. The van der Waals surface area contributed by atoms with Crippen molar-refractivity contribution in [2.75, 3.05) is 11.5 Å². The van der Waals surface area contributed by atoms with E-state index in [-0.39, 0.29) is 18.4 Å². The summed E-state index contributed by atoms with van der Waals surface area (Å²) < 4.78 is 0. The van der Waals surface area contributed by atoms with Crippen molar-refractivity contribution >= 4 is 17.5 Å². The second-order valence-electron chi connectivity index (χ2n) is 4.60. The van der Waals surface area contributed by atoms with E-state index >= 15 is 0 Å². The van der Waals surface area contributed by atoms with Gasteiger partial charge in [-0.1, -0.05) is 18.8 Å². The maximum absolute atomic E-state index is 11.8. The summed E-state index contributed by atoms with van der Waals surface area (Å²) in [6.07, 6.45) is 1.74. The maximum atomic E-state index is 11.8. The number of imide groups is 1. The molecule has 1 saturated heterocycles. The van der Waals surface area contributed by atoms with Crippen molar-refractivity contribution in [2.45, 2.75) is 32.6 Å². The van der Waals surface area contributed by atoms with Crippen LogP contribution in [0, 0.1) is 11.8 Å². The van der Waals surface area contributed by atoms with Gasteiger partial charge in [-0.2, -0.15) is 0 Å². The molecule has 1 aliphatic heterocycles. The van der Waals surface area contributed by atoms with Gasteiger partial charge in [0.25, 0.3) is 0 Å². The summed E-state index contributed by atoms with van der Waals surface area (Å²) in [4.78, 5) is 24.9. The number of carbonyl (C=O) groups excluding carboxylic acids is 2. The van der Waals surface area contributed by atoms with E-state index in [1.807, 2.05) is 13.0 Å². The lowest BCUT2D eigenvalue weighted by Gasteiger charge is -2.17. The Bertz CT molecular complexity index is 579. The number of nitrogens with zero attached hydrogens (tertiary/aromatic N) is 1. The van der Waals surface area contributed by atoms with Crippen molar-refractivity contribution in [3.8, 4) is 11.8 Å². The van der Waals surface area contributed by atoms with Gasteiger partial charge >= 0.3 is 0 Å². The number of benzene rings is 1. The van der Waals surface area contributed by atoms with Gasteiger partial charge < -0.3 is 5.11 Å². The number of aryl methyl sites for hydroxylation is 1. The van der Waals surface area contributed by atoms with Gasteiger partial charge in [-0.3, -0.25) is 14.5 Å². The molecule has 0 atom stereocenters. The van der Waals surface area contributed by atoms with Gasteiger partial charge in [-0.15, -0.1) is 0 Å². The molecule has 0 unspecified atom stereocenters. The maximum Gasteiger partial charge on any atom is 0.234 e. The van der Waals surface area contributed by atoms with Crippen LogP contribution in [0.2, 0.25) is 0 Å². The molecule has 4 heteroatoms. The molecule has 2 amide bonds. The standard InChI is InChI=1S/C16H17NO3/c1-2-13-11-12(5-3-4-10-18)6-7-14(13)17-15(19)8-9-16(17)20/h6-7,11,18H,2,4,8-10H2,1H3. The van der Waals surface area contributed by atoms with Crippen molar-refractivity contribution in [3.05, 3.63) is 29.3 Å². The summed E-state index contributed by atoms with van der Waals surface area (Å²) in [6.45, 7) is 2.03. The van der Waals surface area contributed by atoms with Gasteiger partial charge in [0, 0.05) is 24.8 Å². The molecule has 104 valence electrons. The molecule has 1 N–H and O–H groups in total. The monoisotopic (exact) mass is 271 g/mol.